The molecule has 0 saturated heterocycles. The van der Waals surface area contributed by atoms with Gasteiger partial charge in [-0.05, 0) is 42.3 Å². The predicted molar refractivity (Wildman–Crippen MR) is 107 cm³/mol. The maximum atomic E-state index is 12.3. The van der Waals surface area contributed by atoms with Crippen molar-refractivity contribution >= 4 is 21.1 Å². The fraction of sp³-hybridized carbons (Fsp3) is 0.300. The Kier molecular flexibility index (Phi) is 4.67. The van der Waals surface area contributed by atoms with Crippen LogP contribution in [0.3, 0.4) is 0 Å². The highest BCUT2D eigenvalue weighted by Crippen LogP contribution is 2.34. The fourth-order valence-electron chi connectivity index (χ4n) is 3.79. The normalized spacial score (nSPS) is 16.4. The van der Waals surface area contributed by atoms with E-state index in [0.29, 0.717) is 24.9 Å². The summed E-state index contributed by atoms with van der Waals surface area (Å²) in [5.74, 6) is 0. The average Bonchev–Trinajstić information content (AvgIpc) is 3.19. The number of nitrogens with one attached hydrogen (secondary N) is 1. The van der Waals surface area contributed by atoms with Crippen molar-refractivity contribution in [3.8, 4) is 6.07 Å². The SMILES string of the molecule is CN(C)S(=O)(=O)N[C@@H]1Cc2c(n(Cc3ccccn3)c3ccc(C#N)cc23)C1. The van der Waals surface area contributed by atoms with Gasteiger partial charge in [-0.2, -0.15) is 22.7 Å². The zero-order valence-corrected chi connectivity index (χ0v) is 16.6. The lowest BCUT2D eigenvalue weighted by molar-refractivity contribution is 0.487. The third-order valence-corrected chi connectivity index (χ3v) is 6.74. The van der Waals surface area contributed by atoms with Crippen molar-refractivity contribution in [1.29, 1.82) is 5.26 Å². The smallest absolute Gasteiger partial charge is 0.279 e. The van der Waals surface area contributed by atoms with Gasteiger partial charge in [0.05, 0.1) is 23.9 Å². The molecule has 0 fully saturated rings. The molecule has 1 N–H and O–H groups in total. The number of nitrogens with zero attached hydrogens (tertiary/aromatic N) is 4. The third-order valence-electron chi connectivity index (χ3n) is 5.15. The van der Waals surface area contributed by atoms with Crippen LogP contribution in [0.15, 0.2) is 42.6 Å². The number of hydrogen-bond acceptors (Lipinski definition) is 4. The first-order valence-electron chi connectivity index (χ1n) is 9.03. The van der Waals surface area contributed by atoms with Crippen LogP contribution in [0.5, 0.6) is 0 Å². The summed E-state index contributed by atoms with van der Waals surface area (Å²) in [5, 5.41) is 10.3. The van der Waals surface area contributed by atoms with Gasteiger partial charge in [-0.1, -0.05) is 6.07 Å². The Morgan fingerprint density at radius 1 is 1.29 bits per heavy atom. The molecule has 8 heteroatoms. The molecular weight excluding hydrogens is 374 g/mol. The van der Waals surface area contributed by atoms with E-state index >= 15 is 0 Å². The first kappa shape index (κ1) is 18.6. The molecule has 1 aromatic carbocycles. The van der Waals surface area contributed by atoms with E-state index in [2.05, 4.69) is 20.3 Å². The highest BCUT2D eigenvalue weighted by Gasteiger charge is 2.31. The van der Waals surface area contributed by atoms with Gasteiger partial charge < -0.3 is 4.57 Å². The van der Waals surface area contributed by atoms with Crippen molar-refractivity contribution in [2.75, 3.05) is 14.1 Å². The number of fused-ring (bicyclic) bond motifs is 3. The van der Waals surface area contributed by atoms with Crippen LogP contribution >= 0.6 is 0 Å². The molecule has 2 heterocycles. The molecule has 0 unspecified atom stereocenters. The summed E-state index contributed by atoms with van der Waals surface area (Å²) in [4.78, 5) is 4.43. The van der Waals surface area contributed by atoms with Crippen LogP contribution in [-0.4, -0.2) is 42.4 Å². The van der Waals surface area contributed by atoms with Crippen molar-refractivity contribution in [2.45, 2.75) is 25.4 Å². The Labute approximate surface area is 164 Å². The zero-order chi connectivity index (χ0) is 19.9. The molecule has 0 bridgehead atoms. The third kappa shape index (κ3) is 3.29. The van der Waals surface area contributed by atoms with Crippen LogP contribution in [0.4, 0.5) is 0 Å². The van der Waals surface area contributed by atoms with Gasteiger partial charge in [0, 0.05) is 49.4 Å². The molecule has 0 radical (unpaired) electrons. The van der Waals surface area contributed by atoms with Gasteiger partial charge in [-0.3, -0.25) is 4.98 Å². The molecule has 1 aliphatic carbocycles. The van der Waals surface area contributed by atoms with Gasteiger partial charge >= 0.3 is 0 Å². The first-order chi connectivity index (χ1) is 13.4. The van der Waals surface area contributed by atoms with Gasteiger partial charge in [0.1, 0.15) is 0 Å². The lowest BCUT2D eigenvalue weighted by atomic mass is 10.1. The molecule has 1 atom stereocenters. The van der Waals surface area contributed by atoms with E-state index in [9.17, 15) is 13.7 Å². The minimum atomic E-state index is -3.51. The topological polar surface area (TPSA) is 91.0 Å². The van der Waals surface area contributed by atoms with Crippen molar-refractivity contribution in [3.05, 3.63) is 65.1 Å². The van der Waals surface area contributed by atoms with E-state index in [4.69, 9.17) is 0 Å². The van der Waals surface area contributed by atoms with E-state index in [0.717, 1.165) is 27.9 Å². The van der Waals surface area contributed by atoms with Crippen molar-refractivity contribution in [2.24, 2.45) is 0 Å². The summed E-state index contributed by atoms with van der Waals surface area (Å²) in [5.41, 5.74) is 4.78. The summed E-state index contributed by atoms with van der Waals surface area (Å²) < 4.78 is 30.7. The zero-order valence-electron chi connectivity index (χ0n) is 15.8. The maximum Gasteiger partial charge on any atom is 0.279 e. The molecule has 0 saturated carbocycles. The quantitative estimate of drug-likeness (QED) is 0.713. The van der Waals surface area contributed by atoms with Crippen molar-refractivity contribution < 1.29 is 8.42 Å². The second kappa shape index (κ2) is 7.02. The van der Waals surface area contributed by atoms with Gasteiger partial charge in [-0.15, -0.1) is 0 Å². The molecule has 0 amide bonds. The van der Waals surface area contributed by atoms with Gasteiger partial charge in [0.2, 0.25) is 0 Å². The Morgan fingerprint density at radius 3 is 2.79 bits per heavy atom. The summed E-state index contributed by atoms with van der Waals surface area (Å²) >= 11 is 0. The first-order valence-corrected chi connectivity index (χ1v) is 10.5. The number of aromatic nitrogens is 2. The Morgan fingerprint density at radius 2 is 2.11 bits per heavy atom. The maximum absolute atomic E-state index is 12.3. The van der Waals surface area contributed by atoms with Crippen LogP contribution in [0.2, 0.25) is 0 Å². The summed E-state index contributed by atoms with van der Waals surface area (Å²) in [6.07, 6.45) is 2.97. The number of nitriles is 1. The summed E-state index contributed by atoms with van der Waals surface area (Å²) in [6.45, 7) is 0.603. The molecule has 0 spiro atoms. The molecular formula is C20H21N5O2S. The van der Waals surface area contributed by atoms with Crippen LogP contribution in [0.1, 0.15) is 22.5 Å². The molecule has 0 aliphatic heterocycles. The fourth-order valence-corrected chi connectivity index (χ4v) is 4.59. The second-order valence-electron chi connectivity index (χ2n) is 7.19. The summed E-state index contributed by atoms with van der Waals surface area (Å²) in [7, 11) is -0.477. The molecule has 4 rings (SSSR count). The van der Waals surface area contributed by atoms with Crippen LogP contribution in [-0.2, 0) is 29.6 Å². The van der Waals surface area contributed by atoms with E-state index in [1.807, 2.05) is 36.4 Å². The highest BCUT2D eigenvalue weighted by molar-refractivity contribution is 7.87. The largest absolute Gasteiger partial charge is 0.338 e. The molecule has 144 valence electrons. The van der Waals surface area contributed by atoms with Gasteiger partial charge in [0.25, 0.3) is 10.2 Å². The minimum Gasteiger partial charge on any atom is -0.338 e. The molecule has 28 heavy (non-hydrogen) atoms. The van der Waals surface area contributed by atoms with Gasteiger partial charge in [-0.25, -0.2) is 0 Å². The highest BCUT2D eigenvalue weighted by atomic mass is 32.2. The minimum absolute atomic E-state index is 0.206. The van der Waals surface area contributed by atoms with E-state index < -0.39 is 10.2 Å². The number of hydrogen-bond donors (Lipinski definition) is 1. The number of benzene rings is 1. The van der Waals surface area contributed by atoms with Crippen LogP contribution in [0.25, 0.3) is 10.9 Å². The molecule has 7 nitrogen and oxygen atoms in total. The molecule has 3 aromatic rings. The standard InChI is InChI=1S/C20H21N5O2S/c1-24(2)28(26,27)23-16-10-18-17-9-14(12-21)6-7-19(17)25(20(18)11-16)13-15-5-3-4-8-22-15/h3-9,16,23H,10-11,13H2,1-2H3/t16-/m1/s1. The number of pyridine rings is 1. The number of rotatable bonds is 5. The van der Waals surface area contributed by atoms with Crippen molar-refractivity contribution in [3.63, 3.8) is 0 Å². The average molecular weight is 395 g/mol. The van der Waals surface area contributed by atoms with E-state index in [1.54, 1.807) is 6.20 Å². The molecule has 1 aliphatic rings. The Balaban J connectivity index is 1.77. The predicted octanol–water partition coefficient (Wildman–Crippen LogP) is 1.82. The van der Waals surface area contributed by atoms with Crippen LogP contribution < -0.4 is 4.72 Å². The Hall–Kier alpha value is -2.73. The van der Waals surface area contributed by atoms with Gasteiger partial charge in [0.15, 0.2) is 0 Å². The summed E-state index contributed by atoms with van der Waals surface area (Å²) in [6, 6.07) is 13.5. The van der Waals surface area contributed by atoms with E-state index in [-0.39, 0.29) is 6.04 Å². The molecule has 2 aromatic heterocycles. The van der Waals surface area contributed by atoms with Crippen LogP contribution in [0, 0.1) is 11.3 Å². The monoisotopic (exact) mass is 395 g/mol. The van der Waals surface area contributed by atoms with E-state index in [1.165, 1.54) is 18.4 Å². The lowest BCUT2D eigenvalue weighted by Crippen LogP contribution is -2.42. The lowest BCUT2D eigenvalue weighted by Gasteiger charge is -2.18. The second-order valence-corrected chi connectivity index (χ2v) is 9.10. The van der Waals surface area contributed by atoms with Crippen molar-refractivity contribution in [1.82, 2.24) is 18.6 Å². The Bertz CT molecular complexity index is 1180.